The number of hydrogen-bond acceptors (Lipinski definition) is 2. The van der Waals surface area contributed by atoms with Gasteiger partial charge in [-0.3, -0.25) is 0 Å². The molecule has 0 saturated heterocycles. The van der Waals surface area contributed by atoms with Gasteiger partial charge in [0.25, 0.3) is 0 Å². The van der Waals surface area contributed by atoms with E-state index in [1.54, 1.807) is 0 Å². The summed E-state index contributed by atoms with van der Waals surface area (Å²) < 4.78 is 0. The minimum absolute atomic E-state index is 0.114. The second-order valence-corrected chi connectivity index (χ2v) is 6.29. The van der Waals surface area contributed by atoms with Crippen LogP contribution in [0.15, 0.2) is 24.3 Å². The Kier molecular flexibility index (Phi) is 5.47. The summed E-state index contributed by atoms with van der Waals surface area (Å²) in [5.74, 6) is 1.23. The molecule has 0 spiro atoms. The van der Waals surface area contributed by atoms with Crippen molar-refractivity contribution in [1.82, 2.24) is 0 Å². The third kappa shape index (κ3) is 3.76. The predicted octanol–water partition coefficient (Wildman–Crippen LogP) is 4.01. The molecule has 1 fully saturated rings. The summed E-state index contributed by atoms with van der Waals surface area (Å²) in [6.07, 6.45) is 4.50. The van der Waals surface area contributed by atoms with Crippen molar-refractivity contribution in [2.45, 2.75) is 52.6 Å². The molecule has 3 unspecified atom stereocenters. The smallest absolute Gasteiger partial charge is 0.0585 e. The molecule has 2 rings (SSSR count). The maximum absolute atomic E-state index is 10.3. The lowest BCUT2D eigenvalue weighted by Gasteiger charge is -2.37. The number of nitrogens with zero attached hydrogens (tertiary/aromatic N) is 1. The molecule has 112 valence electrons. The zero-order valence-electron chi connectivity index (χ0n) is 13.2. The quantitative estimate of drug-likeness (QED) is 0.877. The van der Waals surface area contributed by atoms with Crippen molar-refractivity contribution in [3.8, 4) is 0 Å². The van der Waals surface area contributed by atoms with Gasteiger partial charge in [-0.2, -0.15) is 0 Å². The van der Waals surface area contributed by atoms with E-state index in [1.165, 1.54) is 30.5 Å². The normalized spacial score (nSPS) is 26.5. The first-order chi connectivity index (χ1) is 9.63. The molecule has 0 heterocycles. The van der Waals surface area contributed by atoms with Gasteiger partial charge in [0.2, 0.25) is 0 Å². The molecule has 3 atom stereocenters. The minimum Gasteiger partial charge on any atom is -0.393 e. The molecule has 0 bridgehead atoms. The Bertz CT molecular complexity index is 400. The summed E-state index contributed by atoms with van der Waals surface area (Å²) in [4.78, 5) is 2.41. The average Bonchev–Trinajstić information content (AvgIpc) is 2.47. The van der Waals surface area contributed by atoms with E-state index in [0.29, 0.717) is 5.92 Å². The number of aliphatic hydroxyl groups is 1. The maximum atomic E-state index is 10.3. The fourth-order valence-electron chi connectivity index (χ4n) is 3.37. The highest BCUT2D eigenvalue weighted by Crippen LogP contribution is 2.32. The van der Waals surface area contributed by atoms with Gasteiger partial charge in [-0.1, -0.05) is 31.0 Å². The van der Waals surface area contributed by atoms with Crippen molar-refractivity contribution in [1.29, 1.82) is 0 Å². The van der Waals surface area contributed by atoms with Gasteiger partial charge in [0.15, 0.2) is 0 Å². The largest absolute Gasteiger partial charge is 0.393 e. The Morgan fingerprint density at radius 1 is 1.15 bits per heavy atom. The lowest BCUT2D eigenvalue weighted by molar-refractivity contribution is 0.0507. The van der Waals surface area contributed by atoms with Gasteiger partial charge in [-0.25, -0.2) is 0 Å². The number of aryl methyl sites for hydroxylation is 1. The van der Waals surface area contributed by atoms with Crippen molar-refractivity contribution in [3.63, 3.8) is 0 Å². The molecule has 1 aliphatic carbocycles. The van der Waals surface area contributed by atoms with E-state index in [1.807, 2.05) is 0 Å². The van der Waals surface area contributed by atoms with Gasteiger partial charge in [0.05, 0.1) is 6.10 Å². The molecular weight excluding hydrogens is 246 g/mol. The lowest BCUT2D eigenvalue weighted by Crippen LogP contribution is -2.39. The summed E-state index contributed by atoms with van der Waals surface area (Å²) in [5.41, 5.74) is 2.58. The monoisotopic (exact) mass is 275 g/mol. The van der Waals surface area contributed by atoms with E-state index in [0.717, 1.165) is 25.4 Å². The average molecular weight is 275 g/mol. The van der Waals surface area contributed by atoms with Crippen molar-refractivity contribution in [3.05, 3.63) is 29.8 Å². The Balaban J connectivity index is 2.03. The highest BCUT2D eigenvalue weighted by atomic mass is 16.3. The summed E-state index contributed by atoms with van der Waals surface area (Å²) in [6.45, 7) is 8.58. The summed E-state index contributed by atoms with van der Waals surface area (Å²) in [6, 6.07) is 8.74. The van der Waals surface area contributed by atoms with Crippen molar-refractivity contribution in [2.75, 3.05) is 18.0 Å². The number of rotatable bonds is 5. The molecule has 0 aliphatic heterocycles. The van der Waals surface area contributed by atoms with E-state index in [9.17, 15) is 5.11 Å². The zero-order chi connectivity index (χ0) is 14.5. The van der Waals surface area contributed by atoms with Crippen LogP contribution < -0.4 is 4.90 Å². The number of aliphatic hydroxyl groups excluding tert-OH is 1. The zero-order valence-corrected chi connectivity index (χ0v) is 13.2. The van der Waals surface area contributed by atoms with Crippen LogP contribution >= 0.6 is 0 Å². The fourth-order valence-corrected chi connectivity index (χ4v) is 3.37. The van der Waals surface area contributed by atoms with Crippen molar-refractivity contribution >= 4 is 5.69 Å². The Morgan fingerprint density at radius 3 is 2.45 bits per heavy atom. The third-order valence-corrected chi connectivity index (χ3v) is 4.86. The molecule has 1 aromatic rings. The van der Waals surface area contributed by atoms with Crippen LogP contribution in [-0.2, 0) is 0 Å². The molecule has 1 N–H and O–H groups in total. The summed E-state index contributed by atoms with van der Waals surface area (Å²) in [7, 11) is 0. The van der Waals surface area contributed by atoms with E-state index >= 15 is 0 Å². The van der Waals surface area contributed by atoms with Crippen LogP contribution in [0.25, 0.3) is 0 Å². The van der Waals surface area contributed by atoms with Crippen molar-refractivity contribution < 1.29 is 5.11 Å². The summed E-state index contributed by atoms with van der Waals surface area (Å²) in [5, 5.41) is 10.3. The first-order valence-corrected chi connectivity index (χ1v) is 8.13. The molecule has 20 heavy (non-hydrogen) atoms. The van der Waals surface area contributed by atoms with Gasteiger partial charge in [-0.15, -0.1) is 0 Å². The second kappa shape index (κ2) is 7.12. The van der Waals surface area contributed by atoms with E-state index in [2.05, 4.69) is 49.9 Å². The van der Waals surface area contributed by atoms with Crippen LogP contribution in [-0.4, -0.2) is 24.3 Å². The Labute approximate surface area is 123 Å². The van der Waals surface area contributed by atoms with Gasteiger partial charge < -0.3 is 10.0 Å². The molecule has 0 amide bonds. The topological polar surface area (TPSA) is 23.5 Å². The first-order valence-electron chi connectivity index (χ1n) is 8.13. The molecular formula is C18H29NO. The fraction of sp³-hybridized carbons (Fsp3) is 0.667. The highest BCUT2D eigenvalue weighted by Gasteiger charge is 2.29. The predicted molar refractivity (Wildman–Crippen MR) is 86.2 cm³/mol. The third-order valence-electron chi connectivity index (χ3n) is 4.86. The molecule has 0 aromatic heterocycles. The van der Waals surface area contributed by atoms with Crippen LogP contribution in [0.2, 0.25) is 0 Å². The SMILES string of the molecule is CCC1CCC(O)C(CN(CC)c2ccc(C)cc2)C1. The molecule has 2 nitrogen and oxygen atoms in total. The Morgan fingerprint density at radius 2 is 1.85 bits per heavy atom. The van der Waals surface area contributed by atoms with E-state index in [4.69, 9.17) is 0 Å². The van der Waals surface area contributed by atoms with Gasteiger partial charge >= 0.3 is 0 Å². The highest BCUT2D eigenvalue weighted by molar-refractivity contribution is 5.47. The van der Waals surface area contributed by atoms with Crippen LogP contribution in [0.1, 0.15) is 45.1 Å². The van der Waals surface area contributed by atoms with Crippen LogP contribution in [0, 0.1) is 18.8 Å². The first kappa shape index (κ1) is 15.4. The number of anilines is 1. The van der Waals surface area contributed by atoms with Gasteiger partial charge in [-0.05, 0) is 51.2 Å². The molecule has 2 heteroatoms. The standard InChI is InChI=1S/C18H29NO/c1-4-15-8-11-18(20)16(12-15)13-19(5-2)17-9-6-14(3)7-10-17/h6-7,9-10,15-16,18,20H,4-5,8,11-13H2,1-3H3. The Hall–Kier alpha value is -1.02. The molecule has 1 saturated carbocycles. The maximum Gasteiger partial charge on any atom is 0.0585 e. The lowest BCUT2D eigenvalue weighted by atomic mass is 9.78. The van der Waals surface area contributed by atoms with Crippen molar-refractivity contribution in [2.24, 2.45) is 11.8 Å². The van der Waals surface area contributed by atoms with Crippen LogP contribution in [0.3, 0.4) is 0 Å². The van der Waals surface area contributed by atoms with E-state index < -0.39 is 0 Å². The minimum atomic E-state index is -0.114. The molecule has 0 radical (unpaired) electrons. The van der Waals surface area contributed by atoms with Crippen LogP contribution in [0.4, 0.5) is 5.69 Å². The van der Waals surface area contributed by atoms with Crippen LogP contribution in [0.5, 0.6) is 0 Å². The van der Waals surface area contributed by atoms with Gasteiger partial charge in [0, 0.05) is 24.7 Å². The summed E-state index contributed by atoms with van der Waals surface area (Å²) >= 11 is 0. The molecule has 1 aromatic carbocycles. The molecule has 1 aliphatic rings. The van der Waals surface area contributed by atoms with Gasteiger partial charge in [0.1, 0.15) is 0 Å². The number of hydrogen-bond donors (Lipinski definition) is 1. The number of benzene rings is 1. The van der Waals surface area contributed by atoms with E-state index in [-0.39, 0.29) is 6.10 Å². The second-order valence-electron chi connectivity index (χ2n) is 6.29.